The molecule has 0 aliphatic carbocycles. The standard InChI is InChI=1S/C26H25F3N6O2/c27-26(28,29)16-32-25(36)34-20-5-1-4-18(11-20)23-14-33-35-15-19(13-31-24(23)35)17-3-2-6-22(12-17)37-21-7-9-30-10-8-21/h1-6,11-15,21,30H,7-10,16H2,(H2,32,34,36). The molecule has 8 nitrogen and oxygen atoms in total. The predicted molar refractivity (Wildman–Crippen MR) is 133 cm³/mol. The number of carbonyl (C=O) groups excluding carboxylic acids is 1. The maximum absolute atomic E-state index is 12.3. The van der Waals surface area contributed by atoms with E-state index in [1.165, 1.54) is 0 Å². The first-order chi connectivity index (χ1) is 17.8. The lowest BCUT2D eigenvalue weighted by Crippen LogP contribution is -2.36. The van der Waals surface area contributed by atoms with Crippen LogP contribution in [0.25, 0.3) is 27.9 Å². The van der Waals surface area contributed by atoms with Crippen LogP contribution in [0, 0.1) is 0 Å². The summed E-state index contributed by atoms with van der Waals surface area (Å²) >= 11 is 0. The van der Waals surface area contributed by atoms with Crippen molar-refractivity contribution in [2.24, 2.45) is 0 Å². The highest BCUT2D eigenvalue weighted by molar-refractivity contribution is 5.90. The molecule has 2 amide bonds. The van der Waals surface area contributed by atoms with Gasteiger partial charge in [-0.2, -0.15) is 18.3 Å². The molecule has 11 heteroatoms. The van der Waals surface area contributed by atoms with Crippen molar-refractivity contribution < 1.29 is 22.7 Å². The normalized spacial score (nSPS) is 14.5. The van der Waals surface area contributed by atoms with E-state index in [9.17, 15) is 18.0 Å². The summed E-state index contributed by atoms with van der Waals surface area (Å²) in [4.78, 5) is 16.4. The van der Waals surface area contributed by atoms with Gasteiger partial charge in [0, 0.05) is 29.2 Å². The lowest BCUT2D eigenvalue weighted by atomic mass is 10.1. The number of alkyl halides is 3. The third-order valence-corrected chi connectivity index (χ3v) is 5.99. The summed E-state index contributed by atoms with van der Waals surface area (Å²) in [6, 6.07) is 13.7. The van der Waals surface area contributed by atoms with Gasteiger partial charge in [0.15, 0.2) is 5.65 Å². The van der Waals surface area contributed by atoms with Gasteiger partial charge in [0.1, 0.15) is 18.4 Å². The second-order valence-corrected chi connectivity index (χ2v) is 8.77. The van der Waals surface area contributed by atoms with Gasteiger partial charge in [-0.15, -0.1) is 0 Å². The molecule has 3 heterocycles. The van der Waals surface area contributed by atoms with Crippen LogP contribution >= 0.6 is 0 Å². The topological polar surface area (TPSA) is 92.6 Å². The lowest BCUT2D eigenvalue weighted by molar-refractivity contribution is -0.122. The number of rotatable bonds is 6. The van der Waals surface area contributed by atoms with Gasteiger partial charge in [0.25, 0.3) is 0 Å². The minimum Gasteiger partial charge on any atom is -0.490 e. The maximum Gasteiger partial charge on any atom is 0.405 e. The molecule has 4 aromatic rings. The van der Waals surface area contributed by atoms with E-state index in [4.69, 9.17) is 4.74 Å². The Morgan fingerprint density at radius 3 is 2.65 bits per heavy atom. The zero-order valence-corrected chi connectivity index (χ0v) is 19.8. The molecule has 1 saturated heterocycles. The highest BCUT2D eigenvalue weighted by atomic mass is 19.4. The minimum absolute atomic E-state index is 0.201. The number of fused-ring (bicyclic) bond motifs is 1. The zero-order valence-electron chi connectivity index (χ0n) is 19.8. The summed E-state index contributed by atoms with van der Waals surface area (Å²) < 4.78 is 44.8. The van der Waals surface area contributed by atoms with Gasteiger partial charge < -0.3 is 20.7 Å². The lowest BCUT2D eigenvalue weighted by Gasteiger charge is -2.24. The van der Waals surface area contributed by atoms with E-state index in [0.717, 1.165) is 42.8 Å². The van der Waals surface area contributed by atoms with E-state index >= 15 is 0 Å². The minimum atomic E-state index is -4.48. The van der Waals surface area contributed by atoms with Gasteiger partial charge in [-0.25, -0.2) is 14.3 Å². The molecule has 1 aliphatic heterocycles. The number of hydrogen-bond donors (Lipinski definition) is 3. The fourth-order valence-electron chi connectivity index (χ4n) is 4.20. The number of piperidine rings is 1. The quantitative estimate of drug-likeness (QED) is 0.344. The smallest absolute Gasteiger partial charge is 0.405 e. The van der Waals surface area contributed by atoms with Crippen LogP contribution in [0.2, 0.25) is 0 Å². The summed E-state index contributed by atoms with van der Waals surface area (Å²) in [5, 5.41) is 12.0. The van der Waals surface area contributed by atoms with E-state index in [0.29, 0.717) is 22.5 Å². The molecule has 192 valence electrons. The first kappa shape index (κ1) is 24.6. The number of ether oxygens (including phenoxy) is 1. The summed E-state index contributed by atoms with van der Waals surface area (Å²) in [7, 11) is 0. The van der Waals surface area contributed by atoms with Crippen LogP contribution < -0.4 is 20.7 Å². The van der Waals surface area contributed by atoms with Crippen molar-refractivity contribution in [1.29, 1.82) is 0 Å². The zero-order chi connectivity index (χ0) is 25.8. The SMILES string of the molecule is O=C(NCC(F)(F)F)Nc1cccc(-c2cnn3cc(-c4cccc(OC5CCNCC5)c4)cnc23)c1. The number of halogens is 3. The Morgan fingerprint density at radius 1 is 1.05 bits per heavy atom. The van der Waals surface area contributed by atoms with Crippen molar-refractivity contribution in [3.63, 3.8) is 0 Å². The molecule has 2 aromatic heterocycles. The van der Waals surface area contributed by atoms with Crippen LogP contribution in [0.4, 0.5) is 23.7 Å². The van der Waals surface area contributed by atoms with Gasteiger partial charge in [-0.1, -0.05) is 24.3 Å². The van der Waals surface area contributed by atoms with E-state index in [-0.39, 0.29) is 6.10 Å². The molecule has 0 saturated carbocycles. The fourth-order valence-corrected chi connectivity index (χ4v) is 4.20. The molecule has 3 N–H and O–H groups in total. The Kier molecular flexibility index (Phi) is 6.95. The van der Waals surface area contributed by atoms with Crippen molar-refractivity contribution in [2.45, 2.75) is 25.1 Å². The summed E-state index contributed by atoms with van der Waals surface area (Å²) in [6.07, 6.45) is 2.96. The Bertz CT molecular complexity index is 1400. The van der Waals surface area contributed by atoms with Gasteiger partial charge in [0.05, 0.1) is 6.20 Å². The molecule has 0 atom stereocenters. The maximum atomic E-state index is 12.3. The van der Waals surface area contributed by atoms with Crippen molar-refractivity contribution in [3.05, 3.63) is 67.1 Å². The van der Waals surface area contributed by atoms with Crippen LogP contribution in [-0.4, -0.2) is 52.5 Å². The molecule has 0 radical (unpaired) electrons. The molecule has 1 aliphatic rings. The van der Waals surface area contributed by atoms with E-state index < -0.39 is 18.8 Å². The van der Waals surface area contributed by atoms with Crippen molar-refractivity contribution >= 4 is 17.4 Å². The van der Waals surface area contributed by atoms with Crippen molar-refractivity contribution in [1.82, 2.24) is 25.2 Å². The molecule has 2 aromatic carbocycles. The van der Waals surface area contributed by atoms with Crippen molar-refractivity contribution in [2.75, 3.05) is 25.0 Å². The largest absolute Gasteiger partial charge is 0.490 e. The molecule has 0 spiro atoms. The number of carbonyl (C=O) groups is 1. The number of hydrogen-bond acceptors (Lipinski definition) is 5. The van der Waals surface area contributed by atoms with E-state index in [2.05, 4.69) is 20.7 Å². The van der Waals surface area contributed by atoms with Gasteiger partial charge in [-0.05, 0) is 61.3 Å². The Balaban J connectivity index is 1.33. The van der Waals surface area contributed by atoms with Crippen LogP contribution in [-0.2, 0) is 0 Å². The van der Waals surface area contributed by atoms with Gasteiger partial charge >= 0.3 is 12.2 Å². The van der Waals surface area contributed by atoms with Gasteiger partial charge in [-0.3, -0.25) is 0 Å². The van der Waals surface area contributed by atoms with E-state index in [1.54, 1.807) is 40.4 Å². The first-order valence-corrected chi connectivity index (χ1v) is 11.9. The highest BCUT2D eigenvalue weighted by Crippen LogP contribution is 2.29. The second kappa shape index (κ2) is 10.5. The number of nitrogens with one attached hydrogen (secondary N) is 3. The summed E-state index contributed by atoms with van der Waals surface area (Å²) in [5.41, 5.74) is 4.20. The number of anilines is 1. The fraction of sp³-hybridized carbons (Fsp3) is 0.269. The second-order valence-electron chi connectivity index (χ2n) is 8.77. The molecular weight excluding hydrogens is 485 g/mol. The molecule has 0 unspecified atom stereocenters. The Hall–Kier alpha value is -4.12. The van der Waals surface area contributed by atoms with Crippen LogP contribution in [0.3, 0.4) is 0 Å². The molecular formula is C26H25F3N6O2. The Labute approximate surface area is 210 Å². The average Bonchev–Trinajstić information content (AvgIpc) is 3.31. The first-order valence-electron chi connectivity index (χ1n) is 11.9. The third kappa shape index (κ3) is 6.18. The molecule has 5 rings (SSSR count). The monoisotopic (exact) mass is 510 g/mol. The number of urea groups is 1. The average molecular weight is 511 g/mol. The van der Waals surface area contributed by atoms with Gasteiger partial charge in [0.2, 0.25) is 0 Å². The van der Waals surface area contributed by atoms with Crippen molar-refractivity contribution in [3.8, 4) is 28.0 Å². The highest BCUT2D eigenvalue weighted by Gasteiger charge is 2.27. The molecule has 0 bridgehead atoms. The number of amides is 2. The third-order valence-electron chi connectivity index (χ3n) is 5.99. The molecule has 37 heavy (non-hydrogen) atoms. The Morgan fingerprint density at radius 2 is 1.84 bits per heavy atom. The number of aromatic nitrogens is 3. The number of nitrogens with zero attached hydrogens (tertiary/aromatic N) is 3. The van der Waals surface area contributed by atoms with Crippen LogP contribution in [0.15, 0.2) is 67.1 Å². The molecule has 1 fully saturated rings. The van der Waals surface area contributed by atoms with E-state index in [1.807, 2.05) is 36.5 Å². The van der Waals surface area contributed by atoms with Crippen LogP contribution in [0.1, 0.15) is 12.8 Å². The summed E-state index contributed by atoms with van der Waals surface area (Å²) in [6.45, 7) is 0.500. The summed E-state index contributed by atoms with van der Waals surface area (Å²) in [5.74, 6) is 0.814. The number of benzene rings is 2. The predicted octanol–water partition coefficient (Wildman–Crippen LogP) is 4.88. The van der Waals surface area contributed by atoms with Crippen LogP contribution in [0.5, 0.6) is 5.75 Å².